The summed E-state index contributed by atoms with van der Waals surface area (Å²) in [4.78, 5) is 0. The third kappa shape index (κ3) is 3.11. The Morgan fingerprint density at radius 1 is 1.10 bits per heavy atom. The Bertz CT molecular complexity index is 686. The number of para-hydroxylation sites is 1. The average molecular weight is 303 g/mol. The summed E-state index contributed by atoms with van der Waals surface area (Å²) in [5, 5.41) is 5.00. The Labute approximate surface area is 128 Å². The van der Waals surface area contributed by atoms with E-state index in [2.05, 4.69) is 10.5 Å². The molecule has 3 rings (SSSR count). The monoisotopic (exact) mass is 302 g/mol. The van der Waals surface area contributed by atoms with Crippen LogP contribution in [0.2, 0.25) is 5.02 Å². The van der Waals surface area contributed by atoms with Crippen LogP contribution >= 0.6 is 11.6 Å². The summed E-state index contributed by atoms with van der Waals surface area (Å²) in [6.45, 7) is 3.09. The third-order valence-corrected chi connectivity index (χ3v) is 3.51. The highest BCUT2D eigenvalue weighted by Gasteiger charge is 2.12. The van der Waals surface area contributed by atoms with Gasteiger partial charge >= 0.3 is 0 Å². The molecule has 1 aliphatic rings. The van der Waals surface area contributed by atoms with E-state index in [-0.39, 0.29) is 0 Å². The Hall–Kier alpha value is -2.20. The Kier molecular flexibility index (Phi) is 3.97. The van der Waals surface area contributed by atoms with Crippen molar-refractivity contribution < 1.29 is 9.47 Å². The van der Waals surface area contributed by atoms with Gasteiger partial charge in [-0.25, -0.2) is 0 Å². The second kappa shape index (κ2) is 6.06. The predicted molar refractivity (Wildman–Crippen MR) is 84.7 cm³/mol. The first-order valence-electron chi connectivity index (χ1n) is 6.69. The molecule has 1 aliphatic heterocycles. The fourth-order valence-electron chi connectivity index (χ4n) is 2.03. The fraction of sp³-hybridized carbons (Fsp3) is 0.188. The molecule has 0 radical (unpaired) electrons. The molecule has 2 aromatic rings. The summed E-state index contributed by atoms with van der Waals surface area (Å²) < 4.78 is 11.1. The van der Waals surface area contributed by atoms with E-state index in [1.165, 1.54) is 0 Å². The lowest BCUT2D eigenvalue weighted by Gasteiger charge is -2.18. The molecule has 0 aliphatic carbocycles. The summed E-state index contributed by atoms with van der Waals surface area (Å²) in [6.07, 6.45) is 0. The van der Waals surface area contributed by atoms with Gasteiger partial charge in [-0.1, -0.05) is 23.7 Å². The van der Waals surface area contributed by atoms with Crippen LogP contribution in [0.25, 0.3) is 0 Å². The average Bonchev–Trinajstić information content (AvgIpc) is 2.53. The van der Waals surface area contributed by atoms with Crippen LogP contribution in [0.4, 0.5) is 5.69 Å². The van der Waals surface area contributed by atoms with Gasteiger partial charge in [-0.3, -0.25) is 5.43 Å². The Morgan fingerprint density at radius 2 is 1.86 bits per heavy atom. The molecule has 108 valence electrons. The number of hydrogen-bond donors (Lipinski definition) is 1. The molecule has 0 saturated carbocycles. The zero-order valence-corrected chi connectivity index (χ0v) is 12.4. The van der Waals surface area contributed by atoms with Crippen LogP contribution in [0.15, 0.2) is 47.6 Å². The van der Waals surface area contributed by atoms with Crippen LogP contribution < -0.4 is 14.9 Å². The smallest absolute Gasteiger partial charge is 0.162 e. The van der Waals surface area contributed by atoms with Crippen molar-refractivity contribution in [3.05, 3.63) is 53.1 Å². The van der Waals surface area contributed by atoms with Gasteiger partial charge in [0, 0.05) is 5.56 Å². The Morgan fingerprint density at radius 3 is 2.67 bits per heavy atom. The van der Waals surface area contributed by atoms with Gasteiger partial charge in [0.05, 0.1) is 16.4 Å². The number of nitrogens with one attached hydrogen (secondary N) is 1. The fourth-order valence-corrected chi connectivity index (χ4v) is 2.21. The molecule has 1 heterocycles. The van der Waals surface area contributed by atoms with Gasteiger partial charge in [-0.15, -0.1) is 0 Å². The summed E-state index contributed by atoms with van der Waals surface area (Å²) in [7, 11) is 0. The number of halogens is 1. The summed E-state index contributed by atoms with van der Waals surface area (Å²) in [5.74, 6) is 1.53. The minimum absolute atomic E-state index is 0.574. The van der Waals surface area contributed by atoms with E-state index >= 15 is 0 Å². The van der Waals surface area contributed by atoms with Gasteiger partial charge in [0.15, 0.2) is 11.5 Å². The first kappa shape index (κ1) is 13.8. The van der Waals surface area contributed by atoms with E-state index in [4.69, 9.17) is 21.1 Å². The lowest BCUT2D eigenvalue weighted by molar-refractivity contribution is 0.171. The number of benzene rings is 2. The summed E-state index contributed by atoms with van der Waals surface area (Å²) in [5.41, 5.74) is 5.56. The quantitative estimate of drug-likeness (QED) is 0.689. The molecule has 0 aromatic heterocycles. The molecule has 0 saturated heterocycles. The predicted octanol–water partition coefficient (Wildman–Crippen LogP) is 3.95. The zero-order valence-electron chi connectivity index (χ0n) is 11.6. The van der Waals surface area contributed by atoms with Crippen LogP contribution in [-0.4, -0.2) is 18.9 Å². The van der Waals surface area contributed by atoms with Crippen molar-refractivity contribution in [3.8, 4) is 11.5 Å². The maximum absolute atomic E-state index is 6.08. The van der Waals surface area contributed by atoms with E-state index in [9.17, 15) is 0 Å². The zero-order chi connectivity index (χ0) is 14.7. The van der Waals surface area contributed by atoms with Gasteiger partial charge in [0.25, 0.3) is 0 Å². The van der Waals surface area contributed by atoms with Crippen LogP contribution in [0.3, 0.4) is 0 Å². The lowest BCUT2D eigenvalue weighted by atomic mass is 10.1. The van der Waals surface area contributed by atoms with Gasteiger partial charge in [-0.05, 0) is 37.3 Å². The minimum atomic E-state index is 0.574. The minimum Gasteiger partial charge on any atom is -0.486 e. The van der Waals surface area contributed by atoms with Crippen LogP contribution in [0, 0.1) is 0 Å². The molecule has 21 heavy (non-hydrogen) atoms. The van der Waals surface area contributed by atoms with Crippen molar-refractivity contribution in [3.63, 3.8) is 0 Å². The highest BCUT2D eigenvalue weighted by atomic mass is 35.5. The lowest BCUT2D eigenvalue weighted by Crippen LogP contribution is -2.15. The van der Waals surface area contributed by atoms with Crippen molar-refractivity contribution >= 4 is 23.0 Å². The number of hydrazone groups is 1. The second-order valence-corrected chi connectivity index (χ2v) is 5.05. The molecule has 2 aromatic carbocycles. The molecular formula is C16H15ClN2O2. The molecule has 0 atom stereocenters. The topological polar surface area (TPSA) is 42.9 Å². The van der Waals surface area contributed by atoms with Crippen molar-refractivity contribution in [2.45, 2.75) is 6.92 Å². The maximum atomic E-state index is 6.08. The van der Waals surface area contributed by atoms with E-state index in [0.717, 1.165) is 28.5 Å². The van der Waals surface area contributed by atoms with E-state index < -0.39 is 0 Å². The van der Waals surface area contributed by atoms with Crippen LogP contribution in [0.1, 0.15) is 12.5 Å². The largest absolute Gasteiger partial charge is 0.486 e. The summed E-state index contributed by atoms with van der Waals surface area (Å²) in [6, 6.07) is 13.3. The van der Waals surface area contributed by atoms with Crippen molar-refractivity contribution in [2.24, 2.45) is 5.10 Å². The first-order chi connectivity index (χ1) is 10.2. The molecule has 4 nitrogen and oxygen atoms in total. The number of ether oxygens (including phenoxy) is 2. The van der Waals surface area contributed by atoms with Gasteiger partial charge in [0.2, 0.25) is 0 Å². The molecule has 0 amide bonds. The molecule has 0 bridgehead atoms. The highest BCUT2D eigenvalue weighted by Crippen LogP contribution is 2.31. The van der Waals surface area contributed by atoms with Gasteiger partial charge in [-0.2, -0.15) is 5.10 Å². The van der Waals surface area contributed by atoms with Crippen molar-refractivity contribution in [1.82, 2.24) is 0 Å². The van der Waals surface area contributed by atoms with Crippen LogP contribution in [-0.2, 0) is 0 Å². The number of rotatable bonds is 3. The molecule has 0 spiro atoms. The standard InChI is InChI=1S/C16H15ClN2O2/c1-11(18-19-14-5-3-2-4-13(14)17)12-6-7-15-16(10-12)21-9-8-20-15/h2-7,10,19H,8-9H2,1H3. The number of hydrogen-bond acceptors (Lipinski definition) is 4. The van der Waals surface area contributed by atoms with Gasteiger partial charge in [0.1, 0.15) is 13.2 Å². The molecular weight excluding hydrogens is 288 g/mol. The van der Waals surface area contributed by atoms with Crippen molar-refractivity contribution in [1.29, 1.82) is 0 Å². The highest BCUT2D eigenvalue weighted by molar-refractivity contribution is 6.33. The van der Waals surface area contributed by atoms with E-state index in [0.29, 0.717) is 18.2 Å². The normalized spacial score (nSPS) is 13.9. The Balaban J connectivity index is 1.80. The number of fused-ring (bicyclic) bond motifs is 1. The number of anilines is 1. The molecule has 0 fully saturated rings. The molecule has 1 N–H and O–H groups in total. The van der Waals surface area contributed by atoms with E-state index in [1.54, 1.807) is 0 Å². The van der Waals surface area contributed by atoms with Crippen molar-refractivity contribution in [2.75, 3.05) is 18.6 Å². The van der Waals surface area contributed by atoms with Crippen LogP contribution in [0.5, 0.6) is 11.5 Å². The molecule has 5 heteroatoms. The second-order valence-electron chi connectivity index (χ2n) is 4.65. The summed E-state index contributed by atoms with van der Waals surface area (Å²) >= 11 is 6.08. The maximum Gasteiger partial charge on any atom is 0.162 e. The van der Waals surface area contributed by atoms with Gasteiger partial charge < -0.3 is 9.47 Å². The SMILES string of the molecule is CC(=NNc1ccccc1Cl)c1ccc2c(c1)OCCO2. The molecule has 0 unspecified atom stereocenters. The van der Waals surface area contributed by atoms with E-state index in [1.807, 2.05) is 49.4 Å². The first-order valence-corrected chi connectivity index (χ1v) is 7.07. The number of nitrogens with zero attached hydrogens (tertiary/aromatic N) is 1. The third-order valence-electron chi connectivity index (χ3n) is 3.18.